The summed E-state index contributed by atoms with van der Waals surface area (Å²) in [4.78, 5) is 13.8. The number of hydrogen-bond acceptors (Lipinski definition) is 7. The molecular weight excluding hydrogens is 496 g/mol. The van der Waals surface area contributed by atoms with Crippen molar-refractivity contribution in [2.75, 3.05) is 0 Å². The molecule has 192 valence electrons. The molecule has 1 aromatic heterocycles. The number of phenols is 4. The molecular formula is C32H22O7. The quantitative estimate of drug-likeness (QED) is 0.182. The highest BCUT2D eigenvalue weighted by Crippen LogP contribution is 2.49. The number of hydrogen-bond donors (Lipinski definition) is 4. The first-order chi connectivity index (χ1) is 18.8. The topological polar surface area (TPSA) is 120 Å². The van der Waals surface area contributed by atoms with Crippen LogP contribution in [0.2, 0.25) is 0 Å². The molecule has 4 N–H and O–H groups in total. The van der Waals surface area contributed by atoms with Crippen LogP contribution in [0.1, 0.15) is 5.76 Å². The third-order valence-corrected chi connectivity index (χ3v) is 6.67. The maximum absolute atomic E-state index is 13.8. The van der Waals surface area contributed by atoms with Gasteiger partial charge in [-0.1, -0.05) is 48.5 Å². The molecule has 7 nitrogen and oxygen atoms in total. The Hall–Kier alpha value is -5.43. The number of benzene rings is 5. The number of para-hydroxylation sites is 1. The Labute approximate surface area is 222 Å². The van der Waals surface area contributed by atoms with E-state index < -0.39 is 22.7 Å². The monoisotopic (exact) mass is 518 g/mol. The van der Waals surface area contributed by atoms with Crippen LogP contribution < -0.4 is 10.2 Å². The zero-order chi connectivity index (χ0) is 27.3. The van der Waals surface area contributed by atoms with Crippen molar-refractivity contribution in [3.8, 4) is 56.8 Å². The van der Waals surface area contributed by atoms with Gasteiger partial charge in [-0.2, -0.15) is 0 Å². The van der Waals surface area contributed by atoms with Crippen molar-refractivity contribution >= 4 is 21.7 Å². The molecule has 0 amide bonds. The predicted octanol–water partition coefficient (Wildman–Crippen LogP) is 7.20. The Morgan fingerprint density at radius 3 is 2.03 bits per heavy atom. The van der Waals surface area contributed by atoms with Crippen LogP contribution in [0.4, 0.5) is 0 Å². The summed E-state index contributed by atoms with van der Waals surface area (Å²) in [6.07, 6.45) is 0. The van der Waals surface area contributed by atoms with Crippen LogP contribution in [0.25, 0.3) is 44.0 Å². The Bertz CT molecular complexity index is 1940. The van der Waals surface area contributed by atoms with Crippen molar-refractivity contribution in [2.24, 2.45) is 0 Å². The summed E-state index contributed by atoms with van der Waals surface area (Å²) in [5.74, 6) is -0.584. The van der Waals surface area contributed by atoms with Gasteiger partial charge in [-0.05, 0) is 71.3 Å². The summed E-state index contributed by atoms with van der Waals surface area (Å²) >= 11 is 0. The molecule has 0 aliphatic heterocycles. The van der Waals surface area contributed by atoms with Gasteiger partial charge >= 0.3 is 0 Å². The molecule has 1 heterocycles. The van der Waals surface area contributed by atoms with Gasteiger partial charge in [0.05, 0.1) is 11.1 Å². The van der Waals surface area contributed by atoms with Gasteiger partial charge in [0.15, 0.2) is 17.1 Å². The molecule has 0 bridgehead atoms. The molecule has 6 rings (SSSR count). The van der Waals surface area contributed by atoms with Crippen LogP contribution in [0.5, 0.6) is 34.5 Å². The first-order valence-electron chi connectivity index (χ1n) is 12.1. The lowest BCUT2D eigenvalue weighted by molar-refractivity contribution is 0.371. The minimum atomic E-state index is -0.822. The number of fused-ring (bicyclic) bond motifs is 2. The van der Waals surface area contributed by atoms with E-state index in [0.717, 1.165) is 10.8 Å². The molecule has 5 aromatic carbocycles. The molecule has 6 aromatic rings. The van der Waals surface area contributed by atoms with Crippen LogP contribution in [0, 0.1) is 6.92 Å². The molecule has 39 heavy (non-hydrogen) atoms. The number of aryl methyl sites for hydroxylation is 1. The van der Waals surface area contributed by atoms with Crippen molar-refractivity contribution < 1.29 is 29.6 Å². The first-order valence-corrected chi connectivity index (χ1v) is 12.1. The molecule has 7 heteroatoms. The number of phenolic OH excluding ortho intramolecular Hbond substituents is 4. The van der Waals surface area contributed by atoms with Crippen molar-refractivity contribution in [3.63, 3.8) is 0 Å². The van der Waals surface area contributed by atoms with E-state index >= 15 is 0 Å². The Kier molecular flexibility index (Phi) is 5.61. The summed E-state index contributed by atoms with van der Waals surface area (Å²) in [5.41, 5.74) is 0.621. The fraction of sp³-hybridized carbons (Fsp3) is 0.0312. The second-order valence-corrected chi connectivity index (χ2v) is 9.17. The summed E-state index contributed by atoms with van der Waals surface area (Å²) in [7, 11) is 0. The molecule has 0 radical (unpaired) electrons. The smallest absolute Gasteiger partial charge is 0.204 e. The standard InChI is InChI=1S/C32H22O7/c1-17-25(18-10-13-24(14-11-18)39-23-5-3-2-4-6-23)28(34)27-30(36)31(37)29(35)26(32(27)38-17)21-8-7-20-16-22(33)12-9-19(20)15-21/h2-16,33,35-37H,1H3. The van der Waals surface area contributed by atoms with E-state index in [2.05, 4.69) is 0 Å². The summed E-state index contributed by atoms with van der Waals surface area (Å²) < 4.78 is 11.9. The minimum absolute atomic E-state index is 0.0591. The average molecular weight is 519 g/mol. The van der Waals surface area contributed by atoms with Gasteiger partial charge in [0.25, 0.3) is 0 Å². The van der Waals surface area contributed by atoms with E-state index in [4.69, 9.17) is 9.15 Å². The van der Waals surface area contributed by atoms with Crippen LogP contribution in [-0.4, -0.2) is 20.4 Å². The molecule has 0 atom stereocenters. The van der Waals surface area contributed by atoms with E-state index in [0.29, 0.717) is 22.6 Å². The van der Waals surface area contributed by atoms with Gasteiger partial charge in [-0.15, -0.1) is 0 Å². The molecule has 0 aliphatic rings. The van der Waals surface area contributed by atoms with Crippen LogP contribution >= 0.6 is 0 Å². The SMILES string of the molecule is Cc1oc2c(-c3ccc4cc(O)ccc4c3)c(O)c(O)c(O)c2c(=O)c1-c1ccc(Oc2ccccc2)cc1. The normalized spacial score (nSPS) is 11.2. The van der Waals surface area contributed by atoms with Gasteiger partial charge < -0.3 is 29.6 Å². The Morgan fingerprint density at radius 2 is 1.28 bits per heavy atom. The van der Waals surface area contributed by atoms with Crippen molar-refractivity contribution in [1.82, 2.24) is 0 Å². The van der Waals surface area contributed by atoms with Crippen molar-refractivity contribution in [2.45, 2.75) is 6.92 Å². The predicted molar refractivity (Wildman–Crippen MR) is 149 cm³/mol. The average Bonchev–Trinajstić information content (AvgIpc) is 2.93. The van der Waals surface area contributed by atoms with Crippen molar-refractivity contribution in [1.29, 1.82) is 0 Å². The molecule has 0 spiro atoms. The highest BCUT2D eigenvalue weighted by Gasteiger charge is 2.26. The lowest BCUT2D eigenvalue weighted by atomic mass is 9.95. The highest BCUT2D eigenvalue weighted by atomic mass is 16.5. The second-order valence-electron chi connectivity index (χ2n) is 9.17. The van der Waals surface area contributed by atoms with Gasteiger partial charge in [-0.25, -0.2) is 0 Å². The van der Waals surface area contributed by atoms with Gasteiger partial charge in [0.1, 0.15) is 28.4 Å². The third kappa shape index (κ3) is 4.06. The first kappa shape index (κ1) is 23.9. The molecule has 0 fully saturated rings. The molecule has 0 saturated heterocycles. The van der Waals surface area contributed by atoms with Gasteiger partial charge in [0.2, 0.25) is 11.2 Å². The van der Waals surface area contributed by atoms with E-state index in [9.17, 15) is 25.2 Å². The van der Waals surface area contributed by atoms with Crippen LogP contribution in [-0.2, 0) is 0 Å². The maximum Gasteiger partial charge on any atom is 0.204 e. The van der Waals surface area contributed by atoms with Crippen LogP contribution in [0.15, 0.2) is 100 Å². The lowest BCUT2D eigenvalue weighted by Crippen LogP contribution is -2.08. The van der Waals surface area contributed by atoms with E-state index in [1.54, 1.807) is 61.5 Å². The second kappa shape index (κ2) is 9.15. The fourth-order valence-electron chi connectivity index (χ4n) is 4.80. The molecule has 0 saturated carbocycles. The summed E-state index contributed by atoms with van der Waals surface area (Å²) in [6.45, 7) is 1.62. The third-order valence-electron chi connectivity index (χ3n) is 6.67. The van der Waals surface area contributed by atoms with Gasteiger partial charge in [0, 0.05) is 0 Å². The number of ether oxygens (including phenoxy) is 1. The van der Waals surface area contributed by atoms with Gasteiger partial charge in [-0.3, -0.25) is 4.79 Å². The zero-order valence-electron chi connectivity index (χ0n) is 20.7. The summed E-state index contributed by atoms with van der Waals surface area (Å²) in [6, 6.07) is 26.1. The minimum Gasteiger partial charge on any atom is -0.508 e. The van der Waals surface area contributed by atoms with E-state index in [1.807, 2.05) is 30.3 Å². The van der Waals surface area contributed by atoms with E-state index in [1.165, 1.54) is 6.07 Å². The highest BCUT2D eigenvalue weighted by molar-refractivity contribution is 6.04. The number of rotatable bonds is 4. The van der Waals surface area contributed by atoms with E-state index in [-0.39, 0.29) is 33.6 Å². The lowest BCUT2D eigenvalue weighted by Gasteiger charge is -2.15. The number of aromatic hydroxyl groups is 4. The largest absolute Gasteiger partial charge is 0.508 e. The van der Waals surface area contributed by atoms with Crippen LogP contribution in [0.3, 0.4) is 0 Å². The Balaban J connectivity index is 1.51. The van der Waals surface area contributed by atoms with Crippen molar-refractivity contribution in [3.05, 3.63) is 107 Å². The summed E-state index contributed by atoms with van der Waals surface area (Å²) in [5, 5.41) is 43.2. The molecule has 0 unspecified atom stereocenters. The maximum atomic E-state index is 13.8. The Morgan fingerprint density at radius 1 is 0.641 bits per heavy atom. The fourth-order valence-corrected chi connectivity index (χ4v) is 4.80. The molecule has 0 aliphatic carbocycles. The zero-order valence-corrected chi connectivity index (χ0v) is 20.7.